The van der Waals surface area contributed by atoms with Crippen molar-refractivity contribution in [2.45, 2.75) is 37.5 Å². The van der Waals surface area contributed by atoms with Crippen molar-refractivity contribution < 1.29 is 18.3 Å². The van der Waals surface area contributed by atoms with Crippen LogP contribution in [0.25, 0.3) is 0 Å². The van der Waals surface area contributed by atoms with Gasteiger partial charge in [0, 0.05) is 4.47 Å². The lowest BCUT2D eigenvalue weighted by Crippen LogP contribution is -2.18. The standard InChI is InChI=1S/C14H14BrF3O/c15-8-5-6-11(12(7-8)14(16,17)18)13(19)9-3-1-2-4-10(9)13/h5-7,9-10,19H,1-4H2. The first-order valence-corrected chi connectivity index (χ1v) is 7.24. The van der Waals surface area contributed by atoms with Crippen LogP contribution in [0.4, 0.5) is 13.2 Å². The van der Waals surface area contributed by atoms with Gasteiger partial charge in [0.25, 0.3) is 0 Å². The third-order valence-corrected chi connectivity index (χ3v) is 5.00. The molecule has 2 aliphatic carbocycles. The van der Waals surface area contributed by atoms with Crippen molar-refractivity contribution in [3.05, 3.63) is 33.8 Å². The number of hydrogen-bond acceptors (Lipinski definition) is 1. The predicted octanol–water partition coefficient (Wildman–Crippen LogP) is 4.48. The predicted molar refractivity (Wildman–Crippen MR) is 68.5 cm³/mol. The summed E-state index contributed by atoms with van der Waals surface area (Å²) in [5, 5.41) is 10.7. The van der Waals surface area contributed by atoms with Crippen molar-refractivity contribution in [2.24, 2.45) is 11.8 Å². The minimum atomic E-state index is -4.43. The van der Waals surface area contributed by atoms with Gasteiger partial charge in [0.15, 0.2) is 0 Å². The Morgan fingerprint density at radius 2 is 1.74 bits per heavy atom. The molecule has 2 aliphatic rings. The van der Waals surface area contributed by atoms with Crippen molar-refractivity contribution >= 4 is 15.9 Å². The van der Waals surface area contributed by atoms with Gasteiger partial charge >= 0.3 is 6.18 Å². The number of aliphatic hydroxyl groups is 1. The lowest BCUT2D eigenvalue weighted by Gasteiger charge is -2.19. The first kappa shape index (κ1) is 13.4. The summed E-state index contributed by atoms with van der Waals surface area (Å²) >= 11 is 3.07. The minimum absolute atomic E-state index is 0.00326. The first-order valence-electron chi connectivity index (χ1n) is 6.44. The molecule has 104 valence electrons. The summed E-state index contributed by atoms with van der Waals surface area (Å²) in [5.74, 6) is 0.00653. The zero-order chi connectivity index (χ0) is 13.8. The van der Waals surface area contributed by atoms with E-state index >= 15 is 0 Å². The van der Waals surface area contributed by atoms with Gasteiger partial charge in [-0.1, -0.05) is 34.8 Å². The molecule has 0 bridgehead atoms. The van der Waals surface area contributed by atoms with E-state index in [2.05, 4.69) is 15.9 Å². The van der Waals surface area contributed by atoms with Crippen LogP contribution in [-0.4, -0.2) is 5.11 Å². The Labute approximate surface area is 117 Å². The molecule has 0 saturated heterocycles. The highest BCUT2D eigenvalue weighted by atomic mass is 79.9. The normalized spacial score (nSPS) is 33.9. The molecule has 0 amide bonds. The molecule has 3 rings (SSSR count). The van der Waals surface area contributed by atoms with E-state index in [0.29, 0.717) is 4.47 Å². The Bertz CT molecular complexity index is 500. The van der Waals surface area contributed by atoms with Gasteiger partial charge in [-0.3, -0.25) is 0 Å². The van der Waals surface area contributed by atoms with Crippen molar-refractivity contribution in [1.82, 2.24) is 0 Å². The van der Waals surface area contributed by atoms with Gasteiger partial charge in [-0.2, -0.15) is 13.2 Å². The SMILES string of the molecule is OC1(c2ccc(Br)cc2C(F)(F)F)C2CCCCC21. The zero-order valence-electron chi connectivity index (χ0n) is 10.2. The molecule has 2 saturated carbocycles. The Morgan fingerprint density at radius 3 is 2.26 bits per heavy atom. The van der Waals surface area contributed by atoms with Gasteiger partial charge in [0.2, 0.25) is 0 Å². The highest BCUT2D eigenvalue weighted by Crippen LogP contribution is 2.65. The molecular formula is C14H14BrF3O. The first-order chi connectivity index (χ1) is 8.85. The van der Waals surface area contributed by atoms with E-state index in [1.165, 1.54) is 6.07 Å². The maximum atomic E-state index is 13.1. The number of halogens is 4. The molecular weight excluding hydrogens is 321 g/mol. The Morgan fingerprint density at radius 1 is 1.16 bits per heavy atom. The molecule has 0 radical (unpaired) electrons. The summed E-state index contributed by atoms with van der Waals surface area (Å²) in [6.07, 6.45) is -0.771. The van der Waals surface area contributed by atoms with Gasteiger partial charge in [-0.25, -0.2) is 0 Å². The van der Waals surface area contributed by atoms with Crippen LogP contribution in [0.2, 0.25) is 0 Å². The molecule has 1 N–H and O–H groups in total. The zero-order valence-corrected chi connectivity index (χ0v) is 11.8. The molecule has 19 heavy (non-hydrogen) atoms. The van der Waals surface area contributed by atoms with E-state index < -0.39 is 17.3 Å². The lowest BCUT2D eigenvalue weighted by molar-refractivity contribution is -0.139. The van der Waals surface area contributed by atoms with Crippen molar-refractivity contribution in [2.75, 3.05) is 0 Å². The summed E-state index contributed by atoms with van der Waals surface area (Å²) in [4.78, 5) is 0. The third-order valence-electron chi connectivity index (χ3n) is 4.51. The molecule has 0 heterocycles. The van der Waals surface area contributed by atoms with Gasteiger partial charge in [0.1, 0.15) is 0 Å². The number of fused-ring (bicyclic) bond motifs is 1. The molecule has 1 aromatic carbocycles. The molecule has 2 fully saturated rings. The van der Waals surface area contributed by atoms with Gasteiger partial charge in [0.05, 0.1) is 11.2 Å². The largest absolute Gasteiger partial charge is 0.416 e. The van der Waals surface area contributed by atoms with Crippen molar-refractivity contribution in [3.8, 4) is 0 Å². The fourth-order valence-electron chi connectivity index (χ4n) is 3.59. The van der Waals surface area contributed by atoms with E-state index in [-0.39, 0.29) is 17.4 Å². The fraction of sp³-hybridized carbons (Fsp3) is 0.571. The summed E-state index contributed by atoms with van der Waals surface area (Å²) < 4.78 is 39.8. The number of rotatable bonds is 1. The van der Waals surface area contributed by atoms with Crippen LogP contribution >= 0.6 is 15.9 Å². The van der Waals surface area contributed by atoms with Crippen LogP contribution < -0.4 is 0 Å². The molecule has 0 spiro atoms. The van der Waals surface area contributed by atoms with Crippen molar-refractivity contribution in [3.63, 3.8) is 0 Å². The number of benzene rings is 1. The van der Waals surface area contributed by atoms with E-state index in [9.17, 15) is 18.3 Å². The summed E-state index contributed by atoms with van der Waals surface area (Å²) in [6.45, 7) is 0. The highest BCUT2D eigenvalue weighted by molar-refractivity contribution is 9.10. The second-order valence-electron chi connectivity index (χ2n) is 5.51. The van der Waals surface area contributed by atoms with Gasteiger partial charge < -0.3 is 5.11 Å². The molecule has 0 aromatic heterocycles. The minimum Gasteiger partial charge on any atom is -0.385 e. The van der Waals surface area contributed by atoms with Crippen LogP contribution in [0.1, 0.15) is 36.8 Å². The van der Waals surface area contributed by atoms with Crippen molar-refractivity contribution in [1.29, 1.82) is 0 Å². The molecule has 0 aliphatic heterocycles. The second-order valence-corrected chi connectivity index (χ2v) is 6.43. The Hall–Kier alpha value is -0.550. The van der Waals surface area contributed by atoms with Gasteiger partial charge in [-0.15, -0.1) is 0 Å². The van der Waals surface area contributed by atoms with Crippen LogP contribution in [0, 0.1) is 11.8 Å². The number of hydrogen-bond donors (Lipinski definition) is 1. The monoisotopic (exact) mass is 334 g/mol. The van der Waals surface area contributed by atoms with E-state index in [0.717, 1.165) is 31.7 Å². The second kappa shape index (κ2) is 4.22. The van der Waals surface area contributed by atoms with E-state index in [1.54, 1.807) is 6.07 Å². The molecule has 1 aromatic rings. The smallest absolute Gasteiger partial charge is 0.385 e. The molecule has 2 atom stereocenters. The molecule has 1 nitrogen and oxygen atoms in total. The maximum Gasteiger partial charge on any atom is 0.416 e. The Balaban J connectivity index is 2.06. The quantitative estimate of drug-likeness (QED) is 0.803. The Kier molecular flexibility index (Phi) is 2.98. The summed E-state index contributed by atoms with van der Waals surface area (Å²) in [5.41, 5.74) is -1.92. The van der Waals surface area contributed by atoms with Crippen LogP contribution in [-0.2, 0) is 11.8 Å². The molecule has 2 unspecified atom stereocenters. The third kappa shape index (κ3) is 2.02. The maximum absolute atomic E-state index is 13.1. The number of alkyl halides is 3. The topological polar surface area (TPSA) is 20.2 Å². The average Bonchev–Trinajstić information content (AvgIpc) is 2.96. The highest BCUT2D eigenvalue weighted by Gasteiger charge is 2.66. The molecule has 5 heteroatoms. The van der Waals surface area contributed by atoms with Crippen LogP contribution in [0.5, 0.6) is 0 Å². The van der Waals surface area contributed by atoms with Gasteiger partial charge in [-0.05, 0) is 42.4 Å². The van der Waals surface area contributed by atoms with Crippen LogP contribution in [0.15, 0.2) is 22.7 Å². The van der Waals surface area contributed by atoms with Crippen LogP contribution in [0.3, 0.4) is 0 Å². The average molecular weight is 335 g/mol. The fourth-order valence-corrected chi connectivity index (χ4v) is 3.95. The summed E-state index contributed by atoms with van der Waals surface area (Å²) in [7, 11) is 0. The van der Waals surface area contributed by atoms with E-state index in [4.69, 9.17) is 0 Å². The summed E-state index contributed by atoms with van der Waals surface area (Å²) in [6, 6.07) is 4.07. The van der Waals surface area contributed by atoms with E-state index in [1.807, 2.05) is 0 Å². The lowest BCUT2D eigenvalue weighted by atomic mass is 9.97.